The smallest absolute Gasteiger partial charge is 0.237 e. The molecule has 6 nitrogen and oxygen atoms in total. The summed E-state index contributed by atoms with van der Waals surface area (Å²) in [5, 5.41) is 22.2. The van der Waals surface area contributed by atoms with Crippen LogP contribution in [-0.4, -0.2) is 20.3 Å². The fourth-order valence-corrected chi connectivity index (χ4v) is 3.45. The highest BCUT2D eigenvalue weighted by Gasteiger charge is 2.22. The van der Waals surface area contributed by atoms with Crippen molar-refractivity contribution >= 4 is 11.8 Å². The predicted octanol–water partition coefficient (Wildman–Crippen LogP) is 3.30. The van der Waals surface area contributed by atoms with Crippen molar-refractivity contribution in [3.63, 3.8) is 0 Å². The lowest BCUT2D eigenvalue weighted by Crippen LogP contribution is -1.99. The third-order valence-electron chi connectivity index (χ3n) is 4.07. The van der Waals surface area contributed by atoms with E-state index < -0.39 is 0 Å². The van der Waals surface area contributed by atoms with E-state index in [0.29, 0.717) is 28.2 Å². The van der Waals surface area contributed by atoms with Crippen LogP contribution in [0.25, 0.3) is 0 Å². The van der Waals surface area contributed by atoms with Gasteiger partial charge in [0.15, 0.2) is 5.82 Å². The van der Waals surface area contributed by atoms with Gasteiger partial charge in [-0.25, -0.2) is 0 Å². The zero-order valence-electron chi connectivity index (χ0n) is 12.7. The van der Waals surface area contributed by atoms with Gasteiger partial charge in [-0.3, -0.25) is 0 Å². The third kappa shape index (κ3) is 2.97. The van der Waals surface area contributed by atoms with Gasteiger partial charge in [-0.15, -0.1) is 5.10 Å². The van der Waals surface area contributed by atoms with E-state index >= 15 is 0 Å². The van der Waals surface area contributed by atoms with Crippen LogP contribution >= 0.6 is 11.8 Å². The molecule has 3 rings (SSSR count). The highest BCUT2D eigenvalue weighted by molar-refractivity contribution is 7.98. The SMILES string of the molecule is Cc1nnc(SCc2nc(C3CCCC3)no2)c(C#N)c1C. The summed E-state index contributed by atoms with van der Waals surface area (Å²) >= 11 is 1.41. The van der Waals surface area contributed by atoms with Gasteiger partial charge < -0.3 is 4.52 Å². The van der Waals surface area contributed by atoms with Gasteiger partial charge in [0.25, 0.3) is 0 Å². The van der Waals surface area contributed by atoms with Crippen molar-refractivity contribution < 1.29 is 4.52 Å². The first kappa shape index (κ1) is 15.0. The zero-order valence-corrected chi connectivity index (χ0v) is 13.5. The summed E-state index contributed by atoms with van der Waals surface area (Å²) in [6.07, 6.45) is 4.78. The highest BCUT2D eigenvalue weighted by atomic mass is 32.2. The lowest BCUT2D eigenvalue weighted by molar-refractivity contribution is 0.380. The van der Waals surface area contributed by atoms with E-state index in [1.165, 1.54) is 24.6 Å². The molecule has 0 N–H and O–H groups in total. The Bertz CT molecular complexity index is 715. The van der Waals surface area contributed by atoms with Gasteiger partial charge in [-0.2, -0.15) is 15.3 Å². The Kier molecular flexibility index (Phi) is 4.39. The summed E-state index contributed by atoms with van der Waals surface area (Å²) in [5.74, 6) is 2.35. The molecule has 0 amide bonds. The normalized spacial score (nSPS) is 15.1. The minimum atomic E-state index is 0.443. The van der Waals surface area contributed by atoms with Gasteiger partial charge in [0.2, 0.25) is 5.89 Å². The molecule has 22 heavy (non-hydrogen) atoms. The maximum atomic E-state index is 9.29. The third-order valence-corrected chi connectivity index (χ3v) is 5.02. The van der Waals surface area contributed by atoms with E-state index in [-0.39, 0.29) is 0 Å². The molecule has 114 valence electrons. The summed E-state index contributed by atoms with van der Waals surface area (Å²) in [4.78, 5) is 4.47. The first-order valence-corrected chi connectivity index (χ1v) is 8.37. The Hall–Kier alpha value is -1.94. The Morgan fingerprint density at radius 1 is 1.27 bits per heavy atom. The van der Waals surface area contributed by atoms with Crippen LogP contribution in [-0.2, 0) is 5.75 Å². The van der Waals surface area contributed by atoms with E-state index in [0.717, 1.165) is 29.9 Å². The van der Waals surface area contributed by atoms with Crippen molar-refractivity contribution in [2.75, 3.05) is 0 Å². The van der Waals surface area contributed by atoms with E-state index in [4.69, 9.17) is 4.52 Å². The van der Waals surface area contributed by atoms with Crippen LogP contribution < -0.4 is 0 Å². The zero-order chi connectivity index (χ0) is 15.5. The van der Waals surface area contributed by atoms with Crippen LogP contribution in [0.1, 0.15) is 60.1 Å². The van der Waals surface area contributed by atoms with Crippen molar-refractivity contribution in [1.82, 2.24) is 20.3 Å². The quantitative estimate of drug-likeness (QED) is 0.800. The van der Waals surface area contributed by atoms with E-state index in [1.807, 2.05) is 13.8 Å². The van der Waals surface area contributed by atoms with Gasteiger partial charge in [0, 0.05) is 5.92 Å². The van der Waals surface area contributed by atoms with Gasteiger partial charge in [0.1, 0.15) is 11.1 Å². The van der Waals surface area contributed by atoms with Gasteiger partial charge in [-0.1, -0.05) is 29.8 Å². The van der Waals surface area contributed by atoms with Gasteiger partial charge >= 0.3 is 0 Å². The summed E-state index contributed by atoms with van der Waals surface area (Å²) in [6.45, 7) is 3.74. The molecular formula is C15H17N5OS. The molecule has 2 heterocycles. The minimum Gasteiger partial charge on any atom is -0.338 e. The van der Waals surface area contributed by atoms with Crippen molar-refractivity contribution in [3.8, 4) is 6.07 Å². The van der Waals surface area contributed by atoms with Gasteiger partial charge in [-0.05, 0) is 32.3 Å². The largest absolute Gasteiger partial charge is 0.338 e. The molecule has 2 aromatic rings. The summed E-state index contributed by atoms with van der Waals surface area (Å²) in [6, 6.07) is 2.20. The summed E-state index contributed by atoms with van der Waals surface area (Å²) in [5.41, 5.74) is 2.23. The van der Waals surface area contributed by atoms with Crippen molar-refractivity contribution in [1.29, 1.82) is 5.26 Å². The van der Waals surface area contributed by atoms with E-state index in [9.17, 15) is 5.26 Å². The van der Waals surface area contributed by atoms with Gasteiger partial charge in [0.05, 0.1) is 17.0 Å². The lowest BCUT2D eigenvalue weighted by Gasteiger charge is -2.05. The molecule has 0 bridgehead atoms. The van der Waals surface area contributed by atoms with Crippen LogP contribution in [0.2, 0.25) is 0 Å². The second-order valence-electron chi connectivity index (χ2n) is 5.52. The van der Waals surface area contributed by atoms with Crippen molar-refractivity contribution in [3.05, 3.63) is 28.5 Å². The molecule has 0 spiro atoms. The van der Waals surface area contributed by atoms with Crippen LogP contribution in [0.4, 0.5) is 0 Å². The number of rotatable bonds is 4. The number of hydrogen-bond acceptors (Lipinski definition) is 7. The molecule has 0 saturated heterocycles. The molecule has 1 saturated carbocycles. The Balaban J connectivity index is 1.70. The number of thioether (sulfide) groups is 1. The Morgan fingerprint density at radius 3 is 2.77 bits per heavy atom. The number of nitrogens with zero attached hydrogens (tertiary/aromatic N) is 5. The predicted molar refractivity (Wildman–Crippen MR) is 81.3 cm³/mol. The minimum absolute atomic E-state index is 0.443. The average molecular weight is 315 g/mol. The first-order valence-electron chi connectivity index (χ1n) is 7.38. The average Bonchev–Trinajstić information content (AvgIpc) is 3.19. The van der Waals surface area contributed by atoms with Crippen LogP contribution in [0.3, 0.4) is 0 Å². The molecule has 1 aliphatic carbocycles. The second kappa shape index (κ2) is 6.44. The van der Waals surface area contributed by atoms with Crippen LogP contribution in [0, 0.1) is 25.2 Å². The molecule has 0 aliphatic heterocycles. The lowest BCUT2D eigenvalue weighted by atomic mass is 10.1. The molecule has 0 atom stereocenters. The van der Waals surface area contributed by atoms with E-state index in [1.54, 1.807) is 0 Å². The summed E-state index contributed by atoms with van der Waals surface area (Å²) < 4.78 is 5.31. The first-order chi connectivity index (χ1) is 10.7. The molecule has 7 heteroatoms. The molecule has 0 unspecified atom stereocenters. The Labute approximate surface area is 133 Å². The van der Waals surface area contributed by atoms with Crippen LogP contribution in [0.15, 0.2) is 9.55 Å². The number of aryl methyl sites for hydroxylation is 1. The molecule has 1 fully saturated rings. The Morgan fingerprint density at radius 2 is 2.05 bits per heavy atom. The molecule has 0 aromatic carbocycles. The summed E-state index contributed by atoms with van der Waals surface area (Å²) in [7, 11) is 0. The molecule has 0 radical (unpaired) electrons. The number of nitriles is 1. The molecule has 1 aliphatic rings. The van der Waals surface area contributed by atoms with Crippen LogP contribution in [0.5, 0.6) is 0 Å². The standard InChI is InChI=1S/C15H17N5OS/c1-9-10(2)18-19-15(12(9)7-16)22-8-13-17-14(20-21-13)11-5-3-4-6-11/h11H,3-6,8H2,1-2H3. The fourth-order valence-electron chi connectivity index (χ4n) is 2.63. The van der Waals surface area contributed by atoms with Crippen molar-refractivity contribution in [2.24, 2.45) is 0 Å². The fraction of sp³-hybridized carbons (Fsp3) is 0.533. The van der Waals surface area contributed by atoms with Crippen molar-refractivity contribution in [2.45, 2.75) is 56.2 Å². The number of hydrogen-bond donors (Lipinski definition) is 0. The monoisotopic (exact) mass is 315 g/mol. The van der Waals surface area contributed by atoms with E-state index in [2.05, 4.69) is 26.4 Å². The second-order valence-corrected chi connectivity index (χ2v) is 6.48. The maximum absolute atomic E-state index is 9.29. The molecular weight excluding hydrogens is 298 g/mol. The topological polar surface area (TPSA) is 88.5 Å². The maximum Gasteiger partial charge on any atom is 0.237 e. The number of aromatic nitrogens is 4. The highest BCUT2D eigenvalue weighted by Crippen LogP contribution is 2.33. The molecule has 2 aromatic heterocycles.